The molecule has 0 atom stereocenters. The molecule has 0 fully saturated rings. The van der Waals surface area contributed by atoms with Crippen molar-refractivity contribution in [3.63, 3.8) is 0 Å². The zero-order valence-electron chi connectivity index (χ0n) is 26.7. The molecule has 3 amide bonds. The first-order chi connectivity index (χ1) is 21.1. The summed E-state index contributed by atoms with van der Waals surface area (Å²) in [5.74, 6) is -1.16. The standard InChI is InChI=1S/C34H49N5O5/c1-5-39(6-2)20-19-35-34(44)32-23(3)29(36-24(32)4)22-27-26-21-25(17-18-28(26)38-33(27)43)37-30(40)15-13-11-9-7-8-10-12-14-16-31(41)42/h17-18,21-22,36H,5-16,19-20H2,1-4H3,(H,35,44)(H,37,40)(H,38,43)(H,41,42)/b27-22-. The van der Waals surface area contributed by atoms with Crippen molar-refractivity contribution in [2.24, 2.45) is 0 Å². The number of fused-ring (bicyclic) bond motifs is 1. The van der Waals surface area contributed by atoms with Gasteiger partial charge in [-0.25, -0.2) is 0 Å². The molecule has 1 aliphatic rings. The van der Waals surface area contributed by atoms with E-state index in [4.69, 9.17) is 5.11 Å². The number of carbonyl (C=O) groups excluding carboxylic acids is 3. The molecule has 0 radical (unpaired) electrons. The first kappa shape index (κ1) is 34.6. The zero-order valence-corrected chi connectivity index (χ0v) is 26.7. The number of aryl methyl sites for hydroxylation is 1. The predicted octanol–water partition coefficient (Wildman–Crippen LogP) is 6.12. The Morgan fingerprint density at radius 1 is 0.932 bits per heavy atom. The van der Waals surface area contributed by atoms with Gasteiger partial charge in [0.2, 0.25) is 5.91 Å². The van der Waals surface area contributed by atoms with Gasteiger partial charge in [0, 0.05) is 54.3 Å². The minimum absolute atomic E-state index is 0.0612. The van der Waals surface area contributed by atoms with Gasteiger partial charge in [-0.2, -0.15) is 0 Å². The Hall–Kier alpha value is -3.92. The van der Waals surface area contributed by atoms with E-state index in [1.807, 2.05) is 19.9 Å². The number of likely N-dealkylation sites (N-methyl/N-ethyl adjacent to an activating group) is 1. The Labute approximate surface area is 261 Å². The molecule has 2 heterocycles. The predicted molar refractivity (Wildman–Crippen MR) is 176 cm³/mol. The van der Waals surface area contributed by atoms with Crippen molar-refractivity contribution in [1.29, 1.82) is 0 Å². The highest BCUT2D eigenvalue weighted by Crippen LogP contribution is 2.36. The second kappa shape index (κ2) is 17.4. The average molecular weight is 608 g/mol. The molecule has 0 unspecified atom stereocenters. The molecular formula is C34H49N5O5. The van der Waals surface area contributed by atoms with Gasteiger partial charge in [0.25, 0.3) is 11.8 Å². The number of H-pyrrole nitrogens is 1. The zero-order chi connectivity index (χ0) is 32.1. The molecule has 240 valence electrons. The van der Waals surface area contributed by atoms with Crippen molar-refractivity contribution >= 4 is 46.7 Å². The van der Waals surface area contributed by atoms with Gasteiger partial charge >= 0.3 is 5.97 Å². The number of aliphatic carboxylic acids is 1. The Morgan fingerprint density at radius 2 is 1.57 bits per heavy atom. The third-order valence-electron chi connectivity index (χ3n) is 8.23. The number of hydrogen-bond donors (Lipinski definition) is 5. The van der Waals surface area contributed by atoms with Crippen LogP contribution in [0.15, 0.2) is 18.2 Å². The summed E-state index contributed by atoms with van der Waals surface area (Å²) < 4.78 is 0. The van der Waals surface area contributed by atoms with Gasteiger partial charge in [0.05, 0.1) is 11.1 Å². The molecule has 2 aromatic rings. The summed E-state index contributed by atoms with van der Waals surface area (Å²) in [6, 6.07) is 5.39. The molecule has 1 aromatic carbocycles. The molecule has 10 nitrogen and oxygen atoms in total. The van der Waals surface area contributed by atoms with E-state index in [1.165, 1.54) is 0 Å². The fraction of sp³-hybridized carbons (Fsp3) is 0.529. The van der Waals surface area contributed by atoms with Crippen molar-refractivity contribution in [1.82, 2.24) is 15.2 Å². The molecule has 44 heavy (non-hydrogen) atoms. The monoisotopic (exact) mass is 607 g/mol. The highest BCUT2D eigenvalue weighted by atomic mass is 16.4. The number of aromatic amines is 1. The minimum atomic E-state index is -0.732. The highest BCUT2D eigenvalue weighted by molar-refractivity contribution is 6.35. The number of anilines is 2. The lowest BCUT2D eigenvalue weighted by atomic mass is 10.0. The molecule has 0 bridgehead atoms. The molecule has 1 aromatic heterocycles. The summed E-state index contributed by atoms with van der Waals surface area (Å²) in [7, 11) is 0. The van der Waals surface area contributed by atoms with Gasteiger partial charge < -0.3 is 30.9 Å². The van der Waals surface area contributed by atoms with Crippen LogP contribution in [0.4, 0.5) is 11.4 Å². The summed E-state index contributed by atoms with van der Waals surface area (Å²) >= 11 is 0. The summed E-state index contributed by atoms with van der Waals surface area (Å²) in [6.07, 6.45) is 10.2. The van der Waals surface area contributed by atoms with E-state index in [2.05, 4.69) is 39.7 Å². The molecular weight excluding hydrogens is 558 g/mol. The second-order valence-corrected chi connectivity index (χ2v) is 11.5. The van der Waals surface area contributed by atoms with Crippen LogP contribution in [0.1, 0.15) is 111 Å². The number of aromatic nitrogens is 1. The van der Waals surface area contributed by atoms with Crippen molar-refractivity contribution in [3.8, 4) is 0 Å². The summed E-state index contributed by atoms with van der Waals surface area (Å²) in [6.45, 7) is 11.1. The molecule has 0 aliphatic carbocycles. The number of amides is 3. The number of carbonyl (C=O) groups is 4. The highest BCUT2D eigenvalue weighted by Gasteiger charge is 2.26. The number of carboxylic acid groups (broad SMARTS) is 1. The topological polar surface area (TPSA) is 144 Å². The fourth-order valence-electron chi connectivity index (χ4n) is 5.61. The first-order valence-corrected chi connectivity index (χ1v) is 16.0. The number of nitrogens with one attached hydrogen (secondary N) is 4. The summed E-state index contributed by atoms with van der Waals surface area (Å²) in [5.41, 5.74) is 5.28. The Kier molecular flexibility index (Phi) is 13.7. The lowest BCUT2D eigenvalue weighted by Gasteiger charge is -2.18. The number of rotatable bonds is 19. The third-order valence-corrected chi connectivity index (χ3v) is 8.23. The number of nitrogens with zero attached hydrogens (tertiary/aromatic N) is 1. The van der Waals surface area contributed by atoms with E-state index in [1.54, 1.807) is 18.2 Å². The largest absolute Gasteiger partial charge is 0.481 e. The molecule has 10 heteroatoms. The van der Waals surface area contributed by atoms with Crippen molar-refractivity contribution in [2.45, 2.75) is 91.9 Å². The van der Waals surface area contributed by atoms with Gasteiger partial charge in [0.15, 0.2) is 0 Å². The average Bonchev–Trinajstić information content (AvgIpc) is 3.45. The van der Waals surface area contributed by atoms with Crippen molar-refractivity contribution in [2.75, 3.05) is 36.8 Å². The van der Waals surface area contributed by atoms with Crippen LogP contribution in [0.3, 0.4) is 0 Å². The first-order valence-electron chi connectivity index (χ1n) is 16.0. The maximum absolute atomic E-state index is 13.0. The maximum atomic E-state index is 13.0. The normalized spacial score (nSPS) is 13.3. The van der Waals surface area contributed by atoms with Gasteiger partial charge in [-0.15, -0.1) is 0 Å². The minimum Gasteiger partial charge on any atom is -0.481 e. The van der Waals surface area contributed by atoms with Crippen LogP contribution < -0.4 is 16.0 Å². The molecule has 5 N–H and O–H groups in total. The molecule has 0 saturated heterocycles. The van der Waals surface area contributed by atoms with Crippen LogP contribution in [0.2, 0.25) is 0 Å². The van der Waals surface area contributed by atoms with Crippen molar-refractivity contribution < 1.29 is 24.3 Å². The molecule has 0 saturated carbocycles. The van der Waals surface area contributed by atoms with Gasteiger partial charge in [-0.05, 0) is 69.6 Å². The van der Waals surface area contributed by atoms with E-state index < -0.39 is 5.97 Å². The van der Waals surface area contributed by atoms with Crippen LogP contribution in [0.25, 0.3) is 11.6 Å². The van der Waals surface area contributed by atoms with Crippen LogP contribution in [0.5, 0.6) is 0 Å². The van der Waals surface area contributed by atoms with Crippen LogP contribution in [-0.4, -0.2) is 64.9 Å². The van der Waals surface area contributed by atoms with Crippen LogP contribution in [-0.2, 0) is 14.4 Å². The summed E-state index contributed by atoms with van der Waals surface area (Å²) in [4.78, 5) is 54.6. The number of carboxylic acids is 1. The van der Waals surface area contributed by atoms with E-state index in [0.29, 0.717) is 46.7 Å². The smallest absolute Gasteiger partial charge is 0.303 e. The lowest BCUT2D eigenvalue weighted by Crippen LogP contribution is -2.35. The van der Waals surface area contributed by atoms with E-state index in [-0.39, 0.29) is 24.1 Å². The molecule has 1 aliphatic heterocycles. The Bertz CT molecular complexity index is 1340. The lowest BCUT2D eigenvalue weighted by molar-refractivity contribution is -0.137. The van der Waals surface area contributed by atoms with Gasteiger partial charge in [-0.1, -0.05) is 52.4 Å². The SMILES string of the molecule is CCN(CC)CCNC(=O)c1c(C)[nH]c(/C=C2\C(=O)Nc3ccc(NC(=O)CCCCCCCCCCC(=O)O)cc32)c1C. The fourth-order valence-corrected chi connectivity index (χ4v) is 5.61. The van der Waals surface area contributed by atoms with Gasteiger partial charge in [0.1, 0.15) is 0 Å². The maximum Gasteiger partial charge on any atom is 0.303 e. The van der Waals surface area contributed by atoms with Gasteiger partial charge in [-0.3, -0.25) is 19.2 Å². The number of unbranched alkanes of at least 4 members (excludes halogenated alkanes) is 7. The van der Waals surface area contributed by atoms with E-state index >= 15 is 0 Å². The quantitative estimate of drug-likeness (QED) is 0.0962. The third kappa shape index (κ3) is 10.1. The number of hydrogen-bond acceptors (Lipinski definition) is 5. The van der Waals surface area contributed by atoms with E-state index in [9.17, 15) is 19.2 Å². The van der Waals surface area contributed by atoms with Crippen molar-refractivity contribution in [3.05, 3.63) is 46.3 Å². The molecule has 3 rings (SSSR count). The molecule has 0 spiro atoms. The van der Waals surface area contributed by atoms with E-state index in [0.717, 1.165) is 82.3 Å². The second-order valence-electron chi connectivity index (χ2n) is 11.5. The Morgan fingerprint density at radius 3 is 2.20 bits per heavy atom. The van der Waals surface area contributed by atoms with Crippen LogP contribution in [0, 0.1) is 13.8 Å². The van der Waals surface area contributed by atoms with Crippen LogP contribution >= 0.6 is 0 Å². The number of benzene rings is 1. The summed E-state index contributed by atoms with van der Waals surface area (Å²) in [5, 5.41) is 17.6. The Balaban J connectivity index is 1.55.